The number of nitrogens with zero attached hydrogens (tertiary/aromatic N) is 5. The topological polar surface area (TPSA) is 57.2 Å². The molecule has 1 N–H and O–H groups in total. The summed E-state index contributed by atoms with van der Waals surface area (Å²) in [5, 5.41) is 11.8. The Kier molecular flexibility index (Phi) is 4.91. The third kappa shape index (κ3) is 3.59. The average Bonchev–Trinajstić information content (AvgIpc) is 3.17. The van der Waals surface area contributed by atoms with Crippen LogP contribution in [0, 0.1) is 13.8 Å². The zero-order valence-corrected chi connectivity index (χ0v) is 15.8. The molecule has 2 aromatic rings. The van der Waals surface area contributed by atoms with Crippen molar-refractivity contribution in [2.75, 3.05) is 41.3 Å². The first-order valence-corrected chi connectivity index (χ1v) is 9.73. The van der Waals surface area contributed by atoms with Gasteiger partial charge in [0.2, 0.25) is 5.95 Å². The molecular formula is C20H28N6. The molecule has 1 saturated carbocycles. The van der Waals surface area contributed by atoms with Gasteiger partial charge in [0.15, 0.2) is 5.82 Å². The minimum Gasteiger partial charge on any atom is -0.368 e. The van der Waals surface area contributed by atoms with E-state index in [2.05, 4.69) is 57.4 Å². The van der Waals surface area contributed by atoms with E-state index in [0.29, 0.717) is 12.0 Å². The van der Waals surface area contributed by atoms with Crippen molar-refractivity contribution in [3.8, 4) is 0 Å². The Hall–Kier alpha value is -2.37. The van der Waals surface area contributed by atoms with Crippen molar-refractivity contribution >= 4 is 17.5 Å². The Bertz CT molecular complexity index is 748. The van der Waals surface area contributed by atoms with E-state index in [4.69, 9.17) is 4.98 Å². The van der Waals surface area contributed by atoms with Crippen LogP contribution in [0.25, 0.3) is 0 Å². The number of benzene rings is 1. The van der Waals surface area contributed by atoms with E-state index in [1.54, 1.807) is 6.20 Å². The third-order valence-corrected chi connectivity index (χ3v) is 5.75. The maximum absolute atomic E-state index is 4.71. The van der Waals surface area contributed by atoms with Gasteiger partial charge in [0.05, 0.1) is 6.20 Å². The fraction of sp³-hybridized carbons (Fsp3) is 0.550. The predicted molar refractivity (Wildman–Crippen MR) is 106 cm³/mol. The molecule has 1 saturated heterocycles. The van der Waals surface area contributed by atoms with Gasteiger partial charge < -0.3 is 15.1 Å². The first-order valence-electron chi connectivity index (χ1n) is 9.73. The molecule has 2 aliphatic rings. The summed E-state index contributed by atoms with van der Waals surface area (Å²) in [6, 6.07) is 7.07. The van der Waals surface area contributed by atoms with E-state index >= 15 is 0 Å². The van der Waals surface area contributed by atoms with E-state index in [1.807, 2.05) is 0 Å². The zero-order valence-electron chi connectivity index (χ0n) is 15.8. The molecule has 1 aromatic carbocycles. The minimum absolute atomic E-state index is 0.508. The minimum atomic E-state index is 0.508. The number of aromatic nitrogens is 3. The molecule has 2 heterocycles. The quantitative estimate of drug-likeness (QED) is 0.912. The van der Waals surface area contributed by atoms with Crippen molar-refractivity contribution in [1.82, 2.24) is 15.2 Å². The number of rotatable bonds is 4. The van der Waals surface area contributed by atoms with Crippen LogP contribution in [0.15, 0.2) is 24.4 Å². The third-order valence-electron chi connectivity index (χ3n) is 5.75. The van der Waals surface area contributed by atoms with Crippen molar-refractivity contribution in [2.24, 2.45) is 0 Å². The second-order valence-electron chi connectivity index (χ2n) is 7.46. The highest BCUT2D eigenvalue weighted by Crippen LogP contribution is 2.25. The Balaban J connectivity index is 1.40. The van der Waals surface area contributed by atoms with Crippen LogP contribution in [-0.2, 0) is 0 Å². The van der Waals surface area contributed by atoms with Gasteiger partial charge in [0.1, 0.15) is 0 Å². The van der Waals surface area contributed by atoms with Crippen LogP contribution >= 0.6 is 0 Å². The Morgan fingerprint density at radius 3 is 2.50 bits per heavy atom. The largest absolute Gasteiger partial charge is 0.368 e. The lowest BCUT2D eigenvalue weighted by molar-refractivity contribution is 0.642. The zero-order chi connectivity index (χ0) is 17.9. The van der Waals surface area contributed by atoms with Crippen LogP contribution < -0.4 is 15.1 Å². The molecular weight excluding hydrogens is 324 g/mol. The predicted octanol–water partition coefficient (Wildman–Crippen LogP) is 3.17. The Morgan fingerprint density at radius 2 is 1.73 bits per heavy atom. The molecule has 0 unspecified atom stereocenters. The second kappa shape index (κ2) is 7.48. The van der Waals surface area contributed by atoms with E-state index in [9.17, 15) is 0 Å². The fourth-order valence-corrected chi connectivity index (χ4v) is 4.02. The van der Waals surface area contributed by atoms with Gasteiger partial charge in [-0.25, -0.2) is 0 Å². The van der Waals surface area contributed by atoms with Gasteiger partial charge in [0.25, 0.3) is 0 Å². The molecule has 6 nitrogen and oxygen atoms in total. The van der Waals surface area contributed by atoms with Crippen molar-refractivity contribution in [3.05, 3.63) is 35.5 Å². The maximum Gasteiger partial charge on any atom is 0.244 e. The second-order valence-corrected chi connectivity index (χ2v) is 7.46. The number of nitrogens with one attached hydrogen (secondary N) is 1. The molecule has 138 valence electrons. The lowest BCUT2D eigenvalue weighted by Crippen LogP contribution is -2.47. The van der Waals surface area contributed by atoms with Crippen molar-refractivity contribution < 1.29 is 0 Å². The van der Waals surface area contributed by atoms with E-state index < -0.39 is 0 Å². The number of aryl methyl sites for hydroxylation is 1. The number of anilines is 3. The molecule has 6 heteroatoms. The highest BCUT2D eigenvalue weighted by molar-refractivity contribution is 5.57. The van der Waals surface area contributed by atoms with Gasteiger partial charge in [-0.1, -0.05) is 25.0 Å². The highest BCUT2D eigenvalue weighted by atomic mass is 15.3. The van der Waals surface area contributed by atoms with E-state index in [1.165, 1.54) is 42.5 Å². The van der Waals surface area contributed by atoms with Crippen molar-refractivity contribution in [1.29, 1.82) is 0 Å². The smallest absolute Gasteiger partial charge is 0.244 e. The summed E-state index contributed by atoms with van der Waals surface area (Å²) < 4.78 is 0. The normalized spacial score (nSPS) is 18.4. The Morgan fingerprint density at radius 1 is 1.00 bits per heavy atom. The molecule has 0 amide bonds. The monoisotopic (exact) mass is 352 g/mol. The molecule has 1 aliphatic carbocycles. The molecule has 0 bridgehead atoms. The SMILES string of the molecule is Cc1cccc(N2CCN(c3cnnc(NC4CCCC4)n3)CC2)c1C. The molecule has 26 heavy (non-hydrogen) atoms. The molecule has 1 aromatic heterocycles. The van der Waals surface area contributed by atoms with Gasteiger partial charge in [-0.3, -0.25) is 0 Å². The van der Waals surface area contributed by atoms with Gasteiger partial charge in [-0.05, 0) is 43.9 Å². The van der Waals surface area contributed by atoms with Gasteiger partial charge in [0, 0.05) is 37.9 Å². The number of hydrogen-bond acceptors (Lipinski definition) is 6. The summed E-state index contributed by atoms with van der Waals surface area (Å²) in [5.41, 5.74) is 4.09. The van der Waals surface area contributed by atoms with Gasteiger partial charge in [-0.2, -0.15) is 10.1 Å². The molecule has 0 spiro atoms. The first kappa shape index (κ1) is 17.1. The van der Waals surface area contributed by atoms with E-state index in [-0.39, 0.29) is 0 Å². The summed E-state index contributed by atoms with van der Waals surface area (Å²) in [4.78, 5) is 9.50. The van der Waals surface area contributed by atoms with Crippen LogP contribution in [0.4, 0.5) is 17.5 Å². The summed E-state index contributed by atoms with van der Waals surface area (Å²) >= 11 is 0. The number of hydrogen-bond donors (Lipinski definition) is 1. The fourth-order valence-electron chi connectivity index (χ4n) is 4.02. The van der Waals surface area contributed by atoms with Crippen molar-refractivity contribution in [2.45, 2.75) is 45.6 Å². The lowest BCUT2D eigenvalue weighted by Gasteiger charge is -2.37. The van der Waals surface area contributed by atoms with Crippen LogP contribution in [0.1, 0.15) is 36.8 Å². The van der Waals surface area contributed by atoms with Gasteiger partial charge >= 0.3 is 0 Å². The van der Waals surface area contributed by atoms with Crippen LogP contribution in [-0.4, -0.2) is 47.4 Å². The summed E-state index contributed by atoms with van der Waals surface area (Å²) in [5.74, 6) is 1.60. The van der Waals surface area contributed by atoms with Crippen LogP contribution in [0.3, 0.4) is 0 Å². The average molecular weight is 352 g/mol. The maximum atomic E-state index is 4.71. The highest BCUT2D eigenvalue weighted by Gasteiger charge is 2.21. The summed E-state index contributed by atoms with van der Waals surface area (Å²) in [7, 11) is 0. The van der Waals surface area contributed by atoms with Crippen LogP contribution in [0.2, 0.25) is 0 Å². The van der Waals surface area contributed by atoms with E-state index in [0.717, 1.165) is 32.0 Å². The standard InChI is InChI=1S/C20H28N6/c1-15-6-5-9-18(16(15)2)25-10-12-26(13-11-25)19-14-21-24-20(23-19)22-17-7-3-4-8-17/h5-6,9,14,17H,3-4,7-8,10-13H2,1-2H3,(H,22,23,24). The molecule has 2 fully saturated rings. The molecule has 0 radical (unpaired) electrons. The van der Waals surface area contributed by atoms with Crippen molar-refractivity contribution in [3.63, 3.8) is 0 Å². The molecule has 4 rings (SSSR count). The summed E-state index contributed by atoms with van der Waals surface area (Å²) in [6.45, 7) is 8.30. The molecule has 1 aliphatic heterocycles. The van der Waals surface area contributed by atoms with Gasteiger partial charge in [-0.15, -0.1) is 5.10 Å². The number of piperazine rings is 1. The van der Waals surface area contributed by atoms with Crippen LogP contribution in [0.5, 0.6) is 0 Å². The lowest BCUT2D eigenvalue weighted by atomic mass is 10.1. The molecule has 0 atom stereocenters. The first-order chi connectivity index (χ1) is 12.7. The Labute approximate surface area is 155 Å². The summed E-state index contributed by atoms with van der Waals surface area (Å²) in [6.07, 6.45) is 6.80.